The Morgan fingerprint density at radius 1 is 1.29 bits per heavy atom. The zero-order valence-electron chi connectivity index (χ0n) is 9.22. The van der Waals surface area contributed by atoms with Gasteiger partial charge in [-0.2, -0.15) is 0 Å². The van der Waals surface area contributed by atoms with E-state index in [2.05, 4.69) is 10.3 Å². The summed E-state index contributed by atoms with van der Waals surface area (Å²) in [6.07, 6.45) is -1.27. The second-order valence-corrected chi connectivity index (χ2v) is 3.97. The molecule has 0 saturated heterocycles. The molecule has 2 aromatic rings. The summed E-state index contributed by atoms with van der Waals surface area (Å²) in [7, 11) is 0. The summed E-state index contributed by atoms with van der Waals surface area (Å²) in [5, 5.41) is 7.48. The predicted octanol–water partition coefficient (Wildman–Crippen LogP) is 1.71. The van der Waals surface area contributed by atoms with Crippen molar-refractivity contribution in [2.24, 2.45) is 5.73 Å². The van der Waals surface area contributed by atoms with Gasteiger partial charge in [-0.15, -0.1) is 5.10 Å². The van der Waals surface area contributed by atoms with Crippen molar-refractivity contribution in [1.82, 2.24) is 15.0 Å². The maximum Gasteiger partial charge on any atom is 0.261 e. The maximum absolute atomic E-state index is 12.7. The summed E-state index contributed by atoms with van der Waals surface area (Å²) in [6, 6.07) is 9.10. The van der Waals surface area contributed by atoms with E-state index in [1.54, 1.807) is 12.1 Å². The van der Waals surface area contributed by atoms with Crippen molar-refractivity contribution >= 4 is 0 Å². The second-order valence-electron chi connectivity index (χ2n) is 3.97. The molecule has 0 spiro atoms. The van der Waals surface area contributed by atoms with E-state index >= 15 is 0 Å². The predicted molar refractivity (Wildman–Crippen MR) is 58.9 cm³/mol. The molecule has 2 N–H and O–H groups in total. The van der Waals surface area contributed by atoms with E-state index < -0.39 is 12.0 Å². The lowest BCUT2D eigenvalue weighted by atomic mass is 10.0. The molecule has 90 valence electrons. The minimum absolute atomic E-state index is 0.0661. The molecule has 1 unspecified atom stereocenters. The third kappa shape index (κ3) is 2.16. The lowest BCUT2D eigenvalue weighted by Gasteiger charge is -2.19. The van der Waals surface area contributed by atoms with Crippen LogP contribution in [-0.2, 0) is 5.54 Å². The molecule has 6 heteroatoms. The van der Waals surface area contributed by atoms with Crippen molar-refractivity contribution in [3.63, 3.8) is 0 Å². The SMILES string of the molecule is CC(N)(c1cn(-c2ccccc2)nn1)C(F)F. The Morgan fingerprint density at radius 3 is 2.53 bits per heavy atom. The van der Waals surface area contributed by atoms with Crippen LogP contribution >= 0.6 is 0 Å². The van der Waals surface area contributed by atoms with E-state index in [0.29, 0.717) is 0 Å². The minimum atomic E-state index is -2.69. The van der Waals surface area contributed by atoms with E-state index in [1.807, 2.05) is 18.2 Å². The number of hydrogen-bond acceptors (Lipinski definition) is 3. The summed E-state index contributed by atoms with van der Waals surface area (Å²) in [4.78, 5) is 0. The van der Waals surface area contributed by atoms with Crippen molar-refractivity contribution in [3.05, 3.63) is 42.2 Å². The van der Waals surface area contributed by atoms with E-state index in [1.165, 1.54) is 17.8 Å². The van der Waals surface area contributed by atoms with Gasteiger partial charge in [0.2, 0.25) is 0 Å². The summed E-state index contributed by atoms with van der Waals surface area (Å²) in [6.45, 7) is 1.23. The highest BCUT2D eigenvalue weighted by atomic mass is 19.3. The van der Waals surface area contributed by atoms with Gasteiger partial charge in [-0.1, -0.05) is 23.4 Å². The quantitative estimate of drug-likeness (QED) is 0.885. The summed E-state index contributed by atoms with van der Waals surface area (Å²) in [5.41, 5.74) is 4.53. The zero-order valence-corrected chi connectivity index (χ0v) is 9.22. The Hall–Kier alpha value is -1.82. The van der Waals surface area contributed by atoms with Crippen molar-refractivity contribution in [2.45, 2.75) is 18.9 Å². The maximum atomic E-state index is 12.7. The lowest BCUT2D eigenvalue weighted by molar-refractivity contribution is 0.0601. The van der Waals surface area contributed by atoms with E-state index in [-0.39, 0.29) is 5.69 Å². The standard InChI is InChI=1S/C11H12F2N4/c1-11(14,10(12)13)9-7-17(16-15-9)8-5-3-2-4-6-8/h2-7,10H,14H2,1H3. The molecule has 1 aromatic heterocycles. The average Bonchev–Trinajstić information content (AvgIpc) is 2.80. The number of benzene rings is 1. The first-order valence-corrected chi connectivity index (χ1v) is 5.07. The van der Waals surface area contributed by atoms with Gasteiger partial charge in [-0.25, -0.2) is 13.5 Å². The molecule has 1 atom stereocenters. The van der Waals surface area contributed by atoms with Crippen LogP contribution in [0.3, 0.4) is 0 Å². The molecular formula is C11H12F2N4. The molecule has 0 amide bonds. The van der Waals surface area contributed by atoms with E-state index in [4.69, 9.17) is 5.73 Å². The second kappa shape index (κ2) is 4.21. The molecule has 0 aliphatic rings. The number of halogens is 2. The van der Waals surface area contributed by atoms with Gasteiger partial charge in [0.25, 0.3) is 6.43 Å². The molecule has 0 aliphatic heterocycles. The monoisotopic (exact) mass is 238 g/mol. The number of nitrogens with two attached hydrogens (primary N) is 1. The summed E-state index contributed by atoms with van der Waals surface area (Å²) in [5.74, 6) is 0. The van der Waals surface area contributed by atoms with Crippen LogP contribution in [-0.4, -0.2) is 21.4 Å². The molecule has 1 aromatic carbocycles. The molecule has 0 fully saturated rings. The van der Waals surface area contributed by atoms with E-state index in [0.717, 1.165) is 5.69 Å². The van der Waals surface area contributed by atoms with Crippen LogP contribution in [0.4, 0.5) is 8.78 Å². The van der Waals surface area contributed by atoms with Crippen molar-refractivity contribution in [2.75, 3.05) is 0 Å². The molecule has 4 nitrogen and oxygen atoms in total. The Bertz CT molecular complexity index is 493. The van der Waals surface area contributed by atoms with Gasteiger partial charge in [0.1, 0.15) is 11.2 Å². The van der Waals surface area contributed by atoms with Crippen LogP contribution in [0.1, 0.15) is 12.6 Å². The topological polar surface area (TPSA) is 56.7 Å². The third-order valence-electron chi connectivity index (χ3n) is 2.52. The lowest BCUT2D eigenvalue weighted by Crippen LogP contribution is -2.41. The fourth-order valence-electron chi connectivity index (χ4n) is 1.33. The molecular weight excluding hydrogens is 226 g/mol. The molecule has 17 heavy (non-hydrogen) atoms. The smallest absolute Gasteiger partial charge is 0.261 e. The van der Waals surface area contributed by atoms with Crippen LogP contribution in [0, 0.1) is 0 Å². The minimum Gasteiger partial charge on any atom is -0.316 e. The first-order chi connectivity index (χ1) is 8.01. The molecule has 0 saturated carbocycles. The molecule has 1 heterocycles. The summed E-state index contributed by atoms with van der Waals surface area (Å²) >= 11 is 0. The van der Waals surface area contributed by atoms with Gasteiger partial charge in [0, 0.05) is 0 Å². The normalized spacial score (nSPS) is 14.9. The van der Waals surface area contributed by atoms with Crippen LogP contribution < -0.4 is 5.73 Å². The number of rotatable bonds is 3. The van der Waals surface area contributed by atoms with E-state index in [9.17, 15) is 8.78 Å². The third-order valence-corrected chi connectivity index (χ3v) is 2.52. The van der Waals surface area contributed by atoms with Crippen LogP contribution in [0.15, 0.2) is 36.5 Å². The molecule has 0 radical (unpaired) electrons. The molecule has 0 aliphatic carbocycles. The number of para-hydroxylation sites is 1. The molecule has 0 bridgehead atoms. The fourth-order valence-corrected chi connectivity index (χ4v) is 1.33. The largest absolute Gasteiger partial charge is 0.316 e. The Morgan fingerprint density at radius 2 is 1.94 bits per heavy atom. The average molecular weight is 238 g/mol. The highest BCUT2D eigenvalue weighted by Crippen LogP contribution is 2.23. The Balaban J connectivity index is 2.35. The van der Waals surface area contributed by atoms with Gasteiger partial charge in [-0.05, 0) is 19.1 Å². The van der Waals surface area contributed by atoms with Crippen molar-refractivity contribution in [1.29, 1.82) is 0 Å². The van der Waals surface area contributed by atoms with Crippen LogP contribution in [0.2, 0.25) is 0 Å². The number of hydrogen-bond donors (Lipinski definition) is 1. The number of aromatic nitrogens is 3. The van der Waals surface area contributed by atoms with Crippen LogP contribution in [0.5, 0.6) is 0 Å². The Kier molecular flexibility index (Phi) is 2.89. The number of alkyl halides is 2. The first-order valence-electron chi connectivity index (χ1n) is 5.07. The van der Waals surface area contributed by atoms with Crippen molar-refractivity contribution < 1.29 is 8.78 Å². The van der Waals surface area contributed by atoms with Crippen LogP contribution in [0.25, 0.3) is 5.69 Å². The summed E-state index contributed by atoms with van der Waals surface area (Å²) < 4.78 is 26.8. The van der Waals surface area contributed by atoms with Gasteiger partial charge in [0.15, 0.2) is 0 Å². The Labute approximate surface area is 97.0 Å². The molecule has 2 rings (SSSR count). The van der Waals surface area contributed by atoms with Gasteiger partial charge in [0.05, 0.1) is 11.9 Å². The van der Waals surface area contributed by atoms with Gasteiger partial charge in [-0.3, -0.25) is 0 Å². The highest BCUT2D eigenvalue weighted by Gasteiger charge is 2.35. The van der Waals surface area contributed by atoms with Gasteiger partial charge < -0.3 is 5.73 Å². The van der Waals surface area contributed by atoms with Gasteiger partial charge >= 0.3 is 0 Å². The van der Waals surface area contributed by atoms with Crippen molar-refractivity contribution in [3.8, 4) is 5.69 Å². The zero-order chi connectivity index (χ0) is 12.5. The highest BCUT2D eigenvalue weighted by molar-refractivity contribution is 5.30. The fraction of sp³-hybridized carbons (Fsp3) is 0.273. The number of nitrogens with zero attached hydrogens (tertiary/aromatic N) is 3. The first kappa shape index (κ1) is 11.7.